The van der Waals surface area contributed by atoms with Gasteiger partial charge in [-0.3, -0.25) is 9.69 Å². The molecule has 4 heteroatoms. The molecule has 1 saturated carbocycles. The normalized spacial score (nSPS) is 24.5. The molecule has 0 aromatic rings. The van der Waals surface area contributed by atoms with Gasteiger partial charge in [0.1, 0.15) is 0 Å². The number of rotatable bonds is 5. The van der Waals surface area contributed by atoms with Crippen LogP contribution in [0, 0.1) is 0 Å². The first-order valence-electron chi connectivity index (χ1n) is 8.48. The molecular weight excluding hydrogens is 250 g/mol. The van der Waals surface area contributed by atoms with E-state index in [1.807, 2.05) is 0 Å². The van der Waals surface area contributed by atoms with Gasteiger partial charge in [-0.15, -0.1) is 0 Å². The monoisotopic (exact) mass is 281 g/mol. The van der Waals surface area contributed by atoms with Crippen LogP contribution in [0.1, 0.15) is 58.8 Å². The fourth-order valence-corrected chi connectivity index (χ4v) is 3.51. The van der Waals surface area contributed by atoms with Crippen LogP contribution < -0.4 is 10.6 Å². The van der Waals surface area contributed by atoms with Gasteiger partial charge in [0.25, 0.3) is 0 Å². The van der Waals surface area contributed by atoms with E-state index in [0.717, 1.165) is 32.5 Å². The van der Waals surface area contributed by atoms with E-state index < -0.39 is 0 Å². The number of carbonyl (C=O) groups is 1. The molecule has 1 heterocycles. The molecular formula is C16H31N3O. The Morgan fingerprint density at radius 3 is 2.35 bits per heavy atom. The van der Waals surface area contributed by atoms with E-state index in [4.69, 9.17) is 0 Å². The van der Waals surface area contributed by atoms with Crippen molar-refractivity contribution >= 4 is 5.91 Å². The minimum Gasteiger partial charge on any atom is -0.352 e. The van der Waals surface area contributed by atoms with Gasteiger partial charge in [0.05, 0.1) is 6.04 Å². The summed E-state index contributed by atoms with van der Waals surface area (Å²) in [5.41, 5.74) is 0. The van der Waals surface area contributed by atoms with Gasteiger partial charge in [0, 0.05) is 25.2 Å². The van der Waals surface area contributed by atoms with Gasteiger partial charge in [-0.25, -0.2) is 0 Å². The lowest BCUT2D eigenvalue weighted by molar-refractivity contribution is -0.127. The van der Waals surface area contributed by atoms with Crippen LogP contribution in [0.4, 0.5) is 0 Å². The molecule has 0 aromatic carbocycles. The van der Waals surface area contributed by atoms with Gasteiger partial charge in [0.2, 0.25) is 5.91 Å². The zero-order valence-corrected chi connectivity index (χ0v) is 13.2. The first-order valence-corrected chi connectivity index (χ1v) is 8.48. The number of nitrogens with one attached hydrogen (secondary N) is 2. The smallest absolute Gasteiger partial charge is 0.237 e. The summed E-state index contributed by atoms with van der Waals surface area (Å²) < 4.78 is 0. The molecule has 1 amide bonds. The minimum absolute atomic E-state index is 0.0273. The Kier molecular flexibility index (Phi) is 6.30. The second kappa shape index (κ2) is 7.99. The highest BCUT2D eigenvalue weighted by atomic mass is 16.2. The molecule has 0 radical (unpaired) electrons. The Labute approximate surface area is 123 Å². The molecule has 4 nitrogen and oxygen atoms in total. The average molecular weight is 281 g/mol. The average Bonchev–Trinajstić information content (AvgIpc) is 2.48. The Hall–Kier alpha value is -0.610. The Bertz CT molecular complexity index is 294. The van der Waals surface area contributed by atoms with Crippen LogP contribution in [0.5, 0.6) is 0 Å². The zero-order valence-electron chi connectivity index (χ0n) is 13.2. The molecule has 20 heavy (non-hydrogen) atoms. The second-order valence-corrected chi connectivity index (χ2v) is 6.39. The Morgan fingerprint density at radius 1 is 1.10 bits per heavy atom. The molecule has 1 atom stereocenters. The van der Waals surface area contributed by atoms with Gasteiger partial charge in [-0.1, -0.05) is 26.2 Å². The van der Waals surface area contributed by atoms with Crippen LogP contribution in [0.25, 0.3) is 0 Å². The van der Waals surface area contributed by atoms with Crippen LogP contribution in [0.15, 0.2) is 0 Å². The topological polar surface area (TPSA) is 44.4 Å². The number of hydrogen-bond acceptors (Lipinski definition) is 3. The van der Waals surface area contributed by atoms with Crippen LogP contribution in [0.2, 0.25) is 0 Å². The quantitative estimate of drug-likeness (QED) is 0.809. The van der Waals surface area contributed by atoms with Crippen molar-refractivity contribution in [2.24, 2.45) is 0 Å². The van der Waals surface area contributed by atoms with E-state index in [9.17, 15) is 4.79 Å². The van der Waals surface area contributed by atoms with Crippen molar-refractivity contribution < 1.29 is 4.79 Å². The van der Waals surface area contributed by atoms with Crippen molar-refractivity contribution in [3.05, 3.63) is 0 Å². The summed E-state index contributed by atoms with van der Waals surface area (Å²) in [5.74, 6) is 0.235. The standard InChI is InChI=1S/C16H31N3O/c1-3-17-14-9-11-19(12-10-14)13(2)16(20)18-15-7-5-4-6-8-15/h13-15,17H,3-12H2,1-2H3,(H,18,20). The lowest BCUT2D eigenvalue weighted by atomic mass is 9.95. The van der Waals surface area contributed by atoms with Crippen LogP contribution in [0.3, 0.4) is 0 Å². The van der Waals surface area contributed by atoms with Gasteiger partial charge >= 0.3 is 0 Å². The molecule has 116 valence electrons. The minimum atomic E-state index is 0.0273. The largest absolute Gasteiger partial charge is 0.352 e. The summed E-state index contributed by atoms with van der Waals surface area (Å²) in [6.45, 7) is 7.34. The Balaban J connectivity index is 1.73. The van der Waals surface area contributed by atoms with E-state index >= 15 is 0 Å². The Morgan fingerprint density at radius 2 is 1.75 bits per heavy atom. The van der Waals surface area contributed by atoms with Gasteiger partial charge < -0.3 is 10.6 Å². The number of piperidine rings is 1. The maximum absolute atomic E-state index is 12.3. The van der Waals surface area contributed by atoms with Crippen LogP contribution >= 0.6 is 0 Å². The second-order valence-electron chi connectivity index (χ2n) is 6.39. The van der Waals surface area contributed by atoms with Crippen molar-refractivity contribution in [1.82, 2.24) is 15.5 Å². The van der Waals surface area contributed by atoms with Crippen molar-refractivity contribution in [3.8, 4) is 0 Å². The summed E-state index contributed by atoms with van der Waals surface area (Å²) in [6.07, 6.45) is 8.53. The van der Waals surface area contributed by atoms with Gasteiger partial charge in [-0.2, -0.15) is 0 Å². The van der Waals surface area contributed by atoms with Gasteiger partial charge in [0.15, 0.2) is 0 Å². The predicted molar refractivity (Wildman–Crippen MR) is 82.7 cm³/mol. The van der Waals surface area contributed by atoms with E-state index in [1.165, 1.54) is 32.1 Å². The molecule has 2 rings (SSSR count). The molecule has 2 aliphatic rings. The lowest BCUT2D eigenvalue weighted by Crippen LogP contribution is -2.52. The first-order chi connectivity index (χ1) is 9.70. The molecule has 1 unspecified atom stereocenters. The third kappa shape index (κ3) is 4.45. The van der Waals surface area contributed by atoms with Crippen LogP contribution in [-0.2, 0) is 4.79 Å². The highest BCUT2D eigenvalue weighted by molar-refractivity contribution is 5.81. The SMILES string of the molecule is CCNC1CCN(C(C)C(=O)NC2CCCCC2)CC1. The first kappa shape index (κ1) is 15.8. The summed E-state index contributed by atoms with van der Waals surface area (Å²) >= 11 is 0. The van der Waals surface area contributed by atoms with Crippen molar-refractivity contribution in [2.45, 2.75) is 76.9 Å². The number of amides is 1. The third-order valence-electron chi connectivity index (χ3n) is 4.90. The molecule has 2 fully saturated rings. The molecule has 1 aliphatic carbocycles. The number of likely N-dealkylation sites (tertiary alicyclic amines) is 1. The fourth-order valence-electron chi connectivity index (χ4n) is 3.51. The third-order valence-corrected chi connectivity index (χ3v) is 4.90. The van der Waals surface area contributed by atoms with E-state index in [2.05, 4.69) is 29.4 Å². The highest BCUT2D eigenvalue weighted by Gasteiger charge is 2.27. The van der Waals surface area contributed by atoms with Crippen molar-refractivity contribution in [1.29, 1.82) is 0 Å². The van der Waals surface area contributed by atoms with E-state index in [0.29, 0.717) is 12.1 Å². The maximum atomic E-state index is 12.3. The summed E-state index contributed by atoms with van der Waals surface area (Å²) in [7, 11) is 0. The van der Waals surface area contributed by atoms with E-state index in [1.54, 1.807) is 0 Å². The highest BCUT2D eigenvalue weighted by Crippen LogP contribution is 2.18. The van der Waals surface area contributed by atoms with Crippen LogP contribution in [-0.4, -0.2) is 48.6 Å². The molecule has 0 aromatic heterocycles. The molecule has 1 saturated heterocycles. The van der Waals surface area contributed by atoms with Gasteiger partial charge in [-0.05, 0) is 39.2 Å². The van der Waals surface area contributed by atoms with E-state index in [-0.39, 0.29) is 11.9 Å². The maximum Gasteiger partial charge on any atom is 0.237 e. The summed E-state index contributed by atoms with van der Waals surface area (Å²) in [4.78, 5) is 14.7. The van der Waals surface area contributed by atoms with Crippen molar-refractivity contribution in [3.63, 3.8) is 0 Å². The summed E-state index contributed by atoms with van der Waals surface area (Å²) in [5, 5.41) is 6.77. The predicted octanol–water partition coefficient (Wildman–Crippen LogP) is 1.90. The fraction of sp³-hybridized carbons (Fsp3) is 0.938. The number of hydrogen-bond donors (Lipinski definition) is 2. The number of carbonyl (C=O) groups excluding carboxylic acids is 1. The lowest BCUT2D eigenvalue weighted by Gasteiger charge is -2.36. The molecule has 2 N–H and O–H groups in total. The number of nitrogens with zero attached hydrogens (tertiary/aromatic N) is 1. The zero-order chi connectivity index (χ0) is 14.4. The molecule has 0 spiro atoms. The molecule has 0 bridgehead atoms. The summed E-state index contributed by atoms with van der Waals surface area (Å²) in [6, 6.07) is 1.10. The van der Waals surface area contributed by atoms with Crippen molar-refractivity contribution in [2.75, 3.05) is 19.6 Å². The molecule has 1 aliphatic heterocycles.